The van der Waals surface area contributed by atoms with E-state index in [4.69, 9.17) is 19.5 Å². The van der Waals surface area contributed by atoms with Gasteiger partial charge in [0.05, 0.1) is 16.5 Å². The van der Waals surface area contributed by atoms with Crippen molar-refractivity contribution in [1.29, 1.82) is 5.26 Å². The summed E-state index contributed by atoms with van der Waals surface area (Å²) >= 11 is 0. The van der Waals surface area contributed by atoms with Gasteiger partial charge in [-0.05, 0) is 48.0 Å². The Balaban J connectivity index is 1.32. The van der Waals surface area contributed by atoms with Gasteiger partial charge in [0.15, 0.2) is 28.6 Å². The van der Waals surface area contributed by atoms with Crippen molar-refractivity contribution >= 4 is 21.8 Å². The number of nitriles is 1. The van der Waals surface area contributed by atoms with Crippen LogP contribution >= 0.6 is 0 Å². The maximum absolute atomic E-state index is 11.9. The van der Waals surface area contributed by atoms with Crippen molar-refractivity contribution in [2.75, 3.05) is 6.61 Å². The molecule has 0 aliphatic carbocycles. The van der Waals surface area contributed by atoms with Crippen molar-refractivity contribution in [3.8, 4) is 29.1 Å². The first-order chi connectivity index (χ1) is 15.6. The Morgan fingerprint density at radius 2 is 1.78 bits per heavy atom. The quantitative estimate of drug-likeness (QED) is 0.639. The van der Waals surface area contributed by atoms with Crippen LogP contribution in [0.5, 0.6) is 23.0 Å². The number of nitrogens with zero attached hydrogens (tertiary/aromatic N) is 1. The molecule has 8 heteroatoms. The minimum Gasteiger partial charge on any atom is -0.485 e. The van der Waals surface area contributed by atoms with Gasteiger partial charge in [-0.1, -0.05) is 24.3 Å². The van der Waals surface area contributed by atoms with Crippen LogP contribution in [0.4, 0.5) is 0 Å². The third-order valence-electron chi connectivity index (χ3n) is 5.02. The van der Waals surface area contributed by atoms with Crippen LogP contribution in [0.15, 0.2) is 72.8 Å². The average Bonchev–Trinajstić information content (AvgIpc) is 3.38. The number of carbonyl (C=O) groups is 1. The van der Waals surface area contributed by atoms with Crippen molar-refractivity contribution in [3.63, 3.8) is 0 Å². The van der Waals surface area contributed by atoms with Crippen LogP contribution in [0.25, 0.3) is 4.91 Å². The van der Waals surface area contributed by atoms with Crippen molar-refractivity contribution in [1.82, 2.24) is 4.72 Å². The molecule has 3 aromatic rings. The average molecular weight is 444 g/mol. The molecule has 0 radical (unpaired) electrons. The number of hydrogen-bond donors (Lipinski definition) is 1. The number of fused-ring (bicyclic) bond motifs is 1. The minimum absolute atomic E-state index is 0.316. The molecule has 2 aliphatic rings. The standard InChI is InChI=1S/C24H16N2O5S/c25-13-15-4-8-17(9-5-15)30-20-3-1-2-19-21(14-29-24(19)20)31-18-10-6-16(7-11-18)22-12-23(27)26-32(22)28/h1-12,21H,14H2,(H,26,27). The van der Waals surface area contributed by atoms with Crippen LogP contribution in [-0.4, -0.2) is 16.7 Å². The van der Waals surface area contributed by atoms with Crippen molar-refractivity contribution in [3.05, 3.63) is 89.5 Å². The molecular formula is C24H16N2O5S. The summed E-state index contributed by atoms with van der Waals surface area (Å²) in [6.07, 6.45) is 1.02. The van der Waals surface area contributed by atoms with Crippen LogP contribution in [0.2, 0.25) is 0 Å². The van der Waals surface area contributed by atoms with Crippen LogP contribution < -0.4 is 18.9 Å². The number of para-hydroxylation sites is 1. The molecule has 7 nitrogen and oxygen atoms in total. The Labute approximate surface area is 186 Å². The summed E-state index contributed by atoms with van der Waals surface area (Å²) in [6.45, 7) is 0.332. The molecule has 2 aliphatic heterocycles. The molecule has 2 heterocycles. The number of carbonyl (C=O) groups excluding carboxylic acids is 1. The number of hydrogen-bond acceptors (Lipinski definition) is 6. The summed E-state index contributed by atoms with van der Waals surface area (Å²) in [5.74, 6) is 2.05. The summed E-state index contributed by atoms with van der Waals surface area (Å²) < 4.78 is 32.2. The second kappa shape index (κ2) is 8.21. The molecule has 1 N–H and O–H groups in total. The van der Waals surface area contributed by atoms with E-state index in [2.05, 4.69) is 10.8 Å². The van der Waals surface area contributed by atoms with Gasteiger partial charge in [0.2, 0.25) is 0 Å². The first-order valence-electron chi connectivity index (χ1n) is 9.75. The van der Waals surface area contributed by atoms with Gasteiger partial charge in [-0.25, -0.2) is 4.21 Å². The zero-order valence-corrected chi connectivity index (χ0v) is 17.4. The Bertz CT molecular complexity index is 1290. The second-order valence-corrected chi connectivity index (χ2v) is 8.28. The lowest BCUT2D eigenvalue weighted by atomic mass is 10.1. The SMILES string of the molecule is N#Cc1ccc(Oc2cccc3c2OCC3Oc2ccc(C3=CC(=O)NS3=O)cc2)cc1. The van der Waals surface area contributed by atoms with Crippen molar-refractivity contribution < 1.29 is 23.2 Å². The van der Waals surface area contributed by atoms with Gasteiger partial charge in [0.25, 0.3) is 5.91 Å². The molecule has 0 spiro atoms. The molecule has 1 amide bonds. The van der Waals surface area contributed by atoms with Crippen LogP contribution in [0.1, 0.15) is 22.8 Å². The fourth-order valence-electron chi connectivity index (χ4n) is 3.49. The Morgan fingerprint density at radius 1 is 1.03 bits per heavy atom. The molecule has 0 saturated heterocycles. The number of ether oxygens (including phenoxy) is 3. The number of nitrogens with one attached hydrogen (secondary N) is 1. The molecule has 0 saturated carbocycles. The summed E-state index contributed by atoms with van der Waals surface area (Å²) in [5.41, 5.74) is 2.12. The summed E-state index contributed by atoms with van der Waals surface area (Å²) in [4.78, 5) is 11.8. The number of benzene rings is 3. The lowest BCUT2D eigenvalue weighted by Crippen LogP contribution is -2.16. The van der Waals surface area contributed by atoms with Gasteiger partial charge in [0, 0.05) is 11.6 Å². The monoisotopic (exact) mass is 444 g/mol. The highest BCUT2D eigenvalue weighted by Crippen LogP contribution is 2.43. The Morgan fingerprint density at radius 3 is 2.47 bits per heavy atom. The maximum Gasteiger partial charge on any atom is 0.257 e. The molecule has 32 heavy (non-hydrogen) atoms. The maximum atomic E-state index is 11.9. The zero-order chi connectivity index (χ0) is 22.1. The minimum atomic E-state index is -1.53. The molecule has 5 rings (SSSR count). The first kappa shape index (κ1) is 19.8. The highest BCUT2D eigenvalue weighted by Gasteiger charge is 2.29. The normalized spacial score (nSPS) is 18.7. The molecule has 0 bridgehead atoms. The van der Waals surface area contributed by atoms with Gasteiger partial charge in [-0.15, -0.1) is 0 Å². The van der Waals surface area contributed by atoms with E-state index >= 15 is 0 Å². The lowest BCUT2D eigenvalue weighted by molar-refractivity contribution is -0.114. The van der Waals surface area contributed by atoms with E-state index < -0.39 is 11.0 Å². The predicted octanol–water partition coefficient (Wildman–Crippen LogP) is 4.00. The molecule has 2 atom stereocenters. The van der Waals surface area contributed by atoms with Gasteiger partial charge in [0.1, 0.15) is 18.1 Å². The molecule has 2 unspecified atom stereocenters. The van der Waals surface area contributed by atoms with Gasteiger partial charge < -0.3 is 14.2 Å². The van der Waals surface area contributed by atoms with Gasteiger partial charge in [-0.3, -0.25) is 9.52 Å². The summed E-state index contributed by atoms with van der Waals surface area (Å²) in [5, 5.41) is 8.93. The molecular weight excluding hydrogens is 428 g/mol. The van der Waals surface area contributed by atoms with E-state index in [1.54, 1.807) is 48.5 Å². The molecule has 0 fully saturated rings. The van der Waals surface area contributed by atoms with E-state index in [1.807, 2.05) is 18.2 Å². The zero-order valence-electron chi connectivity index (χ0n) is 16.6. The summed E-state index contributed by atoms with van der Waals surface area (Å²) in [6, 6.07) is 21.6. The highest BCUT2D eigenvalue weighted by molar-refractivity contribution is 7.93. The van der Waals surface area contributed by atoms with Gasteiger partial charge in [-0.2, -0.15) is 5.26 Å². The van der Waals surface area contributed by atoms with E-state index in [0.717, 1.165) is 5.56 Å². The Hall–Kier alpha value is -4.09. The largest absolute Gasteiger partial charge is 0.485 e. The van der Waals surface area contributed by atoms with E-state index in [1.165, 1.54) is 6.08 Å². The third-order valence-corrected chi connectivity index (χ3v) is 6.16. The number of rotatable bonds is 5. The highest BCUT2D eigenvalue weighted by atomic mass is 32.2. The summed E-state index contributed by atoms with van der Waals surface area (Å²) in [7, 11) is -1.53. The van der Waals surface area contributed by atoms with Crippen LogP contribution in [0.3, 0.4) is 0 Å². The molecule has 0 aromatic heterocycles. The van der Waals surface area contributed by atoms with Crippen molar-refractivity contribution in [2.24, 2.45) is 0 Å². The predicted molar refractivity (Wildman–Crippen MR) is 117 cm³/mol. The Kier molecular flexibility index (Phi) is 5.09. The smallest absolute Gasteiger partial charge is 0.257 e. The fraction of sp³-hybridized carbons (Fsp3) is 0.0833. The second-order valence-electron chi connectivity index (χ2n) is 7.10. The van der Waals surface area contributed by atoms with Crippen molar-refractivity contribution in [2.45, 2.75) is 6.10 Å². The first-order valence-corrected chi connectivity index (χ1v) is 10.9. The number of amides is 1. The molecule has 158 valence electrons. The topological polar surface area (TPSA) is 97.7 Å². The van der Waals surface area contributed by atoms with E-state index in [9.17, 15) is 9.00 Å². The van der Waals surface area contributed by atoms with E-state index in [0.29, 0.717) is 45.6 Å². The van der Waals surface area contributed by atoms with Gasteiger partial charge >= 0.3 is 0 Å². The lowest BCUT2D eigenvalue weighted by Gasteiger charge is -2.13. The van der Waals surface area contributed by atoms with Crippen LogP contribution in [0, 0.1) is 11.3 Å². The fourth-order valence-corrected chi connectivity index (χ4v) is 4.41. The third kappa shape index (κ3) is 3.82. The van der Waals surface area contributed by atoms with E-state index in [-0.39, 0.29) is 12.0 Å². The molecule has 3 aromatic carbocycles. The van der Waals surface area contributed by atoms with Crippen LogP contribution in [-0.2, 0) is 15.8 Å².